The summed E-state index contributed by atoms with van der Waals surface area (Å²) >= 11 is 2.78. The number of rotatable bonds is 3. The minimum atomic E-state index is -5.66. The molecule has 1 aliphatic rings. The minimum absolute atomic E-state index is 0.303. The van der Waals surface area contributed by atoms with E-state index < -0.39 is 15.6 Å². The Morgan fingerprint density at radius 3 is 2.55 bits per heavy atom. The summed E-state index contributed by atoms with van der Waals surface area (Å²) in [5.41, 5.74) is -4.50. The van der Waals surface area contributed by atoms with Crippen molar-refractivity contribution in [1.29, 1.82) is 0 Å². The molecule has 0 spiro atoms. The van der Waals surface area contributed by atoms with E-state index in [0.29, 0.717) is 29.7 Å². The van der Waals surface area contributed by atoms with Crippen LogP contribution in [-0.4, -0.2) is 13.9 Å². The Balaban J connectivity index is 2.35. The van der Waals surface area contributed by atoms with Crippen LogP contribution in [0.3, 0.4) is 0 Å². The Bertz CT molecular complexity index is 652. The van der Waals surface area contributed by atoms with Crippen LogP contribution in [-0.2, 0) is 20.7 Å². The number of alkyl halides is 3. The zero-order valence-corrected chi connectivity index (χ0v) is 12.2. The van der Waals surface area contributed by atoms with Crippen LogP contribution in [0.2, 0.25) is 0 Å². The number of benzene rings is 1. The molecule has 1 aliphatic carbocycles. The van der Waals surface area contributed by atoms with Gasteiger partial charge in [-0.25, -0.2) is 0 Å². The highest BCUT2D eigenvalue weighted by Gasteiger charge is 2.49. The lowest BCUT2D eigenvalue weighted by Crippen LogP contribution is -2.25. The smallest absolute Gasteiger partial charge is 0.418 e. The van der Waals surface area contributed by atoms with Gasteiger partial charge in [-0.05, 0) is 42.7 Å². The summed E-state index contributed by atoms with van der Waals surface area (Å²) in [6.45, 7) is 0. The minimum Gasteiger partial charge on any atom is -0.418 e. The monoisotopic (exact) mass is 372 g/mol. The molecule has 0 amide bonds. The fourth-order valence-electron chi connectivity index (χ4n) is 1.78. The van der Waals surface area contributed by atoms with Crippen molar-refractivity contribution in [3.63, 3.8) is 0 Å². The van der Waals surface area contributed by atoms with E-state index in [4.69, 9.17) is 3.83 Å². The predicted molar refractivity (Wildman–Crippen MR) is 68.4 cm³/mol. The highest BCUT2D eigenvalue weighted by Crippen LogP contribution is 2.35. The van der Waals surface area contributed by atoms with E-state index in [9.17, 15) is 21.6 Å². The molecule has 0 radical (unpaired) electrons. The molecular weight excluding hydrogens is 365 g/mol. The van der Waals surface area contributed by atoms with Crippen LogP contribution >= 0.6 is 16.3 Å². The van der Waals surface area contributed by atoms with E-state index in [1.807, 2.05) is 0 Å². The normalized spacial score (nSPS) is 15.3. The van der Waals surface area contributed by atoms with E-state index in [-0.39, 0.29) is 5.76 Å². The standard InChI is InChI=1S/C11H8BrF3O4S/c12-18-8-4-5-9-7(6-8)2-1-3-10(9)19-20(16,17)11(13,14)15/h3-6H,1-2H2. The zero-order valence-electron chi connectivity index (χ0n) is 9.78. The molecule has 20 heavy (non-hydrogen) atoms. The van der Waals surface area contributed by atoms with Crippen molar-refractivity contribution in [1.82, 2.24) is 0 Å². The Morgan fingerprint density at radius 2 is 1.95 bits per heavy atom. The third-order valence-electron chi connectivity index (χ3n) is 2.66. The number of hydrogen-bond donors (Lipinski definition) is 0. The Labute approximate surface area is 121 Å². The van der Waals surface area contributed by atoms with Gasteiger partial charge in [-0.15, -0.1) is 0 Å². The lowest BCUT2D eigenvalue weighted by molar-refractivity contribution is -0.0509. The summed E-state index contributed by atoms with van der Waals surface area (Å²) in [5, 5.41) is 0. The average Bonchev–Trinajstić information content (AvgIpc) is 2.36. The molecule has 110 valence electrons. The van der Waals surface area contributed by atoms with E-state index in [0.717, 1.165) is 0 Å². The molecular formula is C11H8BrF3O4S. The van der Waals surface area contributed by atoms with Gasteiger partial charge in [-0.1, -0.05) is 0 Å². The molecule has 0 atom stereocenters. The first kappa shape index (κ1) is 15.2. The zero-order chi connectivity index (χ0) is 15.0. The first-order valence-corrected chi connectivity index (χ1v) is 7.43. The topological polar surface area (TPSA) is 52.6 Å². The summed E-state index contributed by atoms with van der Waals surface area (Å²) in [5.74, 6) is 0.147. The third-order valence-corrected chi connectivity index (χ3v) is 4.00. The number of fused-ring (bicyclic) bond motifs is 1. The highest BCUT2D eigenvalue weighted by molar-refractivity contribution is 9.06. The van der Waals surface area contributed by atoms with Gasteiger partial charge in [0.15, 0.2) is 16.3 Å². The van der Waals surface area contributed by atoms with Crippen molar-refractivity contribution in [2.24, 2.45) is 0 Å². The Kier molecular flexibility index (Phi) is 4.01. The van der Waals surface area contributed by atoms with Crippen LogP contribution in [0.5, 0.6) is 5.75 Å². The number of halogens is 4. The fourth-order valence-corrected chi connectivity index (χ4v) is 2.47. The van der Waals surface area contributed by atoms with Gasteiger partial charge in [-0.2, -0.15) is 21.6 Å². The molecule has 0 bridgehead atoms. The summed E-state index contributed by atoms with van der Waals surface area (Å²) in [6.07, 6.45) is 2.25. The Morgan fingerprint density at radius 1 is 1.25 bits per heavy atom. The predicted octanol–water partition coefficient (Wildman–Crippen LogP) is 3.53. The maximum absolute atomic E-state index is 12.3. The molecule has 0 unspecified atom stereocenters. The van der Waals surface area contributed by atoms with Gasteiger partial charge in [-0.3, -0.25) is 0 Å². The van der Waals surface area contributed by atoms with Crippen LogP contribution in [0.15, 0.2) is 24.3 Å². The molecule has 0 aromatic heterocycles. The first-order valence-electron chi connectivity index (χ1n) is 5.37. The third kappa shape index (κ3) is 2.93. The van der Waals surface area contributed by atoms with Gasteiger partial charge >= 0.3 is 15.6 Å². The molecule has 2 rings (SSSR count). The van der Waals surface area contributed by atoms with Crippen molar-refractivity contribution < 1.29 is 29.6 Å². The van der Waals surface area contributed by atoms with E-state index in [1.165, 1.54) is 18.2 Å². The second-order valence-electron chi connectivity index (χ2n) is 3.99. The van der Waals surface area contributed by atoms with Crippen molar-refractivity contribution in [2.75, 3.05) is 0 Å². The lowest BCUT2D eigenvalue weighted by Gasteiger charge is -2.19. The average molecular weight is 373 g/mol. The van der Waals surface area contributed by atoms with Crippen LogP contribution < -0.4 is 3.83 Å². The van der Waals surface area contributed by atoms with E-state index in [2.05, 4.69) is 20.4 Å². The van der Waals surface area contributed by atoms with Gasteiger partial charge in [0.2, 0.25) is 0 Å². The molecule has 9 heteroatoms. The van der Waals surface area contributed by atoms with E-state index in [1.54, 1.807) is 6.07 Å². The maximum atomic E-state index is 12.3. The van der Waals surface area contributed by atoms with E-state index >= 15 is 0 Å². The second-order valence-corrected chi connectivity index (χ2v) is 5.85. The molecule has 0 fully saturated rings. The van der Waals surface area contributed by atoms with Crippen LogP contribution in [0.1, 0.15) is 17.5 Å². The van der Waals surface area contributed by atoms with Gasteiger partial charge < -0.3 is 8.01 Å². The van der Waals surface area contributed by atoms with Crippen molar-refractivity contribution in [3.8, 4) is 5.75 Å². The fraction of sp³-hybridized carbons (Fsp3) is 0.273. The molecule has 1 aromatic carbocycles. The van der Waals surface area contributed by atoms with Crippen LogP contribution in [0.4, 0.5) is 13.2 Å². The highest BCUT2D eigenvalue weighted by atomic mass is 79.9. The van der Waals surface area contributed by atoms with Crippen LogP contribution in [0.25, 0.3) is 5.76 Å². The molecule has 0 heterocycles. The van der Waals surface area contributed by atoms with Gasteiger partial charge in [0.05, 0.1) is 0 Å². The second kappa shape index (κ2) is 5.28. The maximum Gasteiger partial charge on any atom is 0.534 e. The first-order chi connectivity index (χ1) is 9.24. The molecule has 1 aromatic rings. The van der Waals surface area contributed by atoms with Gasteiger partial charge in [0.1, 0.15) is 11.5 Å². The van der Waals surface area contributed by atoms with Crippen molar-refractivity contribution in [3.05, 3.63) is 35.4 Å². The SMILES string of the molecule is O=S(=O)(OC1=CCCc2cc(OBr)ccc21)C(F)(F)F. The molecule has 0 saturated heterocycles. The number of hydrogen-bond acceptors (Lipinski definition) is 4. The van der Waals surface area contributed by atoms with Crippen molar-refractivity contribution >= 4 is 32.1 Å². The lowest BCUT2D eigenvalue weighted by atomic mass is 9.96. The summed E-state index contributed by atoms with van der Waals surface area (Å²) in [7, 11) is -5.66. The number of allylic oxidation sites excluding steroid dienone is 1. The summed E-state index contributed by atoms with van der Waals surface area (Å²) in [6, 6.07) is 4.53. The van der Waals surface area contributed by atoms with Crippen LogP contribution in [0, 0.1) is 0 Å². The molecule has 4 nitrogen and oxygen atoms in total. The largest absolute Gasteiger partial charge is 0.534 e. The van der Waals surface area contributed by atoms with Gasteiger partial charge in [0.25, 0.3) is 0 Å². The quantitative estimate of drug-likeness (QED) is 0.601. The summed E-state index contributed by atoms with van der Waals surface area (Å²) in [4.78, 5) is 0. The number of aryl methyl sites for hydroxylation is 1. The molecule has 0 N–H and O–H groups in total. The molecule has 0 aliphatic heterocycles. The van der Waals surface area contributed by atoms with Crippen molar-refractivity contribution in [2.45, 2.75) is 18.3 Å². The van der Waals surface area contributed by atoms with Gasteiger partial charge in [0, 0.05) is 5.56 Å². The summed E-state index contributed by atoms with van der Waals surface area (Å²) < 4.78 is 68.0. The molecule has 0 saturated carbocycles. The Hall–Kier alpha value is -1.22.